The van der Waals surface area contributed by atoms with Gasteiger partial charge in [-0.2, -0.15) is 5.26 Å². The number of nitrogens with zero attached hydrogens (tertiary/aromatic N) is 1. The Hall–Kier alpha value is -1.99. The van der Waals surface area contributed by atoms with Crippen LogP contribution in [0.2, 0.25) is 0 Å². The Morgan fingerprint density at radius 3 is 2.67 bits per heavy atom. The van der Waals surface area contributed by atoms with Crippen LogP contribution in [-0.2, 0) is 0 Å². The average Bonchev–Trinajstić information content (AvgIpc) is 2.35. The largest absolute Gasteiger partial charge is 0.455 e. The van der Waals surface area contributed by atoms with E-state index in [0.717, 1.165) is 15.8 Å². The summed E-state index contributed by atoms with van der Waals surface area (Å²) in [6.07, 6.45) is 0. The van der Waals surface area contributed by atoms with Gasteiger partial charge in [0.2, 0.25) is 0 Å². The molecule has 0 aliphatic carbocycles. The van der Waals surface area contributed by atoms with Crippen LogP contribution in [0, 0.1) is 18.3 Å². The summed E-state index contributed by atoms with van der Waals surface area (Å²) in [7, 11) is 0. The van der Waals surface area contributed by atoms with E-state index in [4.69, 9.17) is 15.7 Å². The number of aryl methyl sites for hydroxylation is 1. The highest BCUT2D eigenvalue weighted by atomic mass is 79.9. The quantitative estimate of drug-likeness (QED) is 0.853. The predicted octanol–water partition coefficient (Wildman–Crippen LogP) is 4.00. The summed E-state index contributed by atoms with van der Waals surface area (Å²) in [6, 6.07) is 12.9. The highest BCUT2D eigenvalue weighted by molar-refractivity contribution is 9.10. The van der Waals surface area contributed by atoms with E-state index in [1.165, 1.54) is 0 Å². The fourth-order valence-corrected chi connectivity index (χ4v) is 2.05. The lowest BCUT2D eigenvalue weighted by Crippen LogP contribution is -1.96. The molecular formula is C14H11BrN2O. The molecule has 90 valence electrons. The van der Waals surface area contributed by atoms with E-state index in [1.54, 1.807) is 18.2 Å². The summed E-state index contributed by atoms with van der Waals surface area (Å²) >= 11 is 3.40. The molecule has 0 aliphatic rings. The maximum absolute atomic E-state index is 8.91. The van der Waals surface area contributed by atoms with E-state index < -0.39 is 0 Å². The van der Waals surface area contributed by atoms with Gasteiger partial charge in [0.25, 0.3) is 0 Å². The molecule has 3 nitrogen and oxygen atoms in total. The summed E-state index contributed by atoms with van der Waals surface area (Å²) in [4.78, 5) is 0. The number of nitrogens with two attached hydrogens (primary N) is 1. The zero-order valence-corrected chi connectivity index (χ0v) is 11.4. The van der Waals surface area contributed by atoms with Crippen LogP contribution in [0.1, 0.15) is 11.1 Å². The number of anilines is 1. The number of ether oxygens (including phenoxy) is 1. The minimum absolute atomic E-state index is 0.363. The molecule has 18 heavy (non-hydrogen) atoms. The Bertz CT molecular complexity index is 632. The number of nitriles is 1. The molecule has 4 heteroatoms. The molecule has 2 aromatic carbocycles. The highest BCUT2D eigenvalue weighted by Gasteiger charge is 2.08. The monoisotopic (exact) mass is 302 g/mol. The molecule has 0 unspecified atom stereocenters. The fourth-order valence-electron chi connectivity index (χ4n) is 1.58. The van der Waals surface area contributed by atoms with Gasteiger partial charge in [-0.1, -0.05) is 22.0 Å². The normalized spacial score (nSPS) is 9.83. The Morgan fingerprint density at radius 1 is 1.22 bits per heavy atom. The van der Waals surface area contributed by atoms with Gasteiger partial charge in [-0.25, -0.2) is 0 Å². The third-order valence-electron chi connectivity index (χ3n) is 2.54. The van der Waals surface area contributed by atoms with Crippen LogP contribution in [0.3, 0.4) is 0 Å². The minimum Gasteiger partial charge on any atom is -0.455 e. The van der Waals surface area contributed by atoms with Crippen LogP contribution in [0.5, 0.6) is 11.5 Å². The van der Waals surface area contributed by atoms with Crippen molar-refractivity contribution in [2.75, 3.05) is 5.73 Å². The molecule has 0 saturated carbocycles. The van der Waals surface area contributed by atoms with Crippen LogP contribution in [0.4, 0.5) is 5.69 Å². The molecule has 0 fully saturated rings. The van der Waals surface area contributed by atoms with Crippen molar-refractivity contribution < 1.29 is 4.74 Å². The van der Waals surface area contributed by atoms with Gasteiger partial charge in [0.15, 0.2) is 5.75 Å². The fraction of sp³-hybridized carbons (Fsp3) is 0.0714. The van der Waals surface area contributed by atoms with Crippen LogP contribution in [0.25, 0.3) is 0 Å². The predicted molar refractivity (Wildman–Crippen MR) is 74.5 cm³/mol. The lowest BCUT2D eigenvalue weighted by atomic mass is 10.2. The molecule has 0 atom stereocenters. The number of nitrogen functional groups attached to an aromatic ring is 1. The molecule has 2 rings (SSSR count). The van der Waals surface area contributed by atoms with E-state index in [0.29, 0.717) is 17.0 Å². The van der Waals surface area contributed by atoms with Gasteiger partial charge in [0, 0.05) is 4.47 Å². The Labute approximate surface area is 114 Å². The first-order valence-electron chi connectivity index (χ1n) is 5.34. The minimum atomic E-state index is 0.363. The first-order valence-corrected chi connectivity index (χ1v) is 6.13. The lowest BCUT2D eigenvalue weighted by molar-refractivity contribution is 0.481. The number of rotatable bonds is 2. The molecule has 0 spiro atoms. The van der Waals surface area contributed by atoms with Crippen LogP contribution in [-0.4, -0.2) is 0 Å². The van der Waals surface area contributed by atoms with E-state index in [9.17, 15) is 0 Å². The first kappa shape index (κ1) is 12.5. The maximum atomic E-state index is 8.91. The zero-order valence-electron chi connectivity index (χ0n) is 9.77. The highest BCUT2D eigenvalue weighted by Crippen LogP contribution is 2.32. The number of para-hydroxylation sites is 1. The van der Waals surface area contributed by atoms with Crippen LogP contribution >= 0.6 is 15.9 Å². The van der Waals surface area contributed by atoms with Crippen molar-refractivity contribution in [2.24, 2.45) is 0 Å². The average molecular weight is 303 g/mol. The van der Waals surface area contributed by atoms with Crippen molar-refractivity contribution in [1.29, 1.82) is 5.26 Å². The number of hydrogen-bond acceptors (Lipinski definition) is 3. The zero-order chi connectivity index (χ0) is 13.1. The molecule has 2 aromatic rings. The SMILES string of the molecule is Cc1cc(Br)ccc1Oc1cccc(C#N)c1N. The summed E-state index contributed by atoms with van der Waals surface area (Å²) in [5.41, 5.74) is 7.64. The topological polar surface area (TPSA) is 59.0 Å². The summed E-state index contributed by atoms with van der Waals surface area (Å²) in [5, 5.41) is 8.91. The van der Waals surface area contributed by atoms with Gasteiger partial charge in [-0.3, -0.25) is 0 Å². The Balaban J connectivity index is 2.38. The summed E-state index contributed by atoms with van der Waals surface area (Å²) in [5.74, 6) is 1.22. The molecular weight excluding hydrogens is 292 g/mol. The van der Waals surface area contributed by atoms with Gasteiger partial charge in [-0.15, -0.1) is 0 Å². The van der Waals surface area contributed by atoms with E-state index in [-0.39, 0.29) is 0 Å². The maximum Gasteiger partial charge on any atom is 0.151 e. The molecule has 0 radical (unpaired) electrons. The van der Waals surface area contributed by atoms with E-state index in [2.05, 4.69) is 15.9 Å². The second-order valence-electron chi connectivity index (χ2n) is 3.84. The van der Waals surface area contributed by atoms with Crippen molar-refractivity contribution in [3.8, 4) is 17.6 Å². The van der Waals surface area contributed by atoms with Gasteiger partial charge in [0.05, 0.1) is 11.3 Å². The Morgan fingerprint density at radius 2 is 2.00 bits per heavy atom. The van der Waals surface area contributed by atoms with Crippen molar-refractivity contribution in [1.82, 2.24) is 0 Å². The second-order valence-corrected chi connectivity index (χ2v) is 4.76. The van der Waals surface area contributed by atoms with Crippen LogP contribution in [0.15, 0.2) is 40.9 Å². The molecule has 0 bridgehead atoms. The second kappa shape index (κ2) is 5.11. The van der Waals surface area contributed by atoms with Gasteiger partial charge in [0.1, 0.15) is 11.8 Å². The summed E-state index contributed by atoms with van der Waals surface area (Å²) < 4.78 is 6.73. The van der Waals surface area contributed by atoms with E-state index >= 15 is 0 Å². The molecule has 0 heterocycles. The first-order chi connectivity index (χ1) is 8.61. The third-order valence-corrected chi connectivity index (χ3v) is 3.04. The van der Waals surface area contributed by atoms with Gasteiger partial charge < -0.3 is 10.5 Å². The molecule has 0 saturated heterocycles. The molecule has 0 aliphatic heterocycles. The summed E-state index contributed by atoms with van der Waals surface area (Å²) in [6.45, 7) is 1.95. The van der Waals surface area contributed by atoms with Gasteiger partial charge in [-0.05, 0) is 42.8 Å². The van der Waals surface area contributed by atoms with Crippen LogP contribution < -0.4 is 10.5 Å². The number of benzene rings is 2. The number of halogens is 1. The smallest absolute Gasteiger partial charge is 0.151 e. The number of hydrogen-bond donors (Lipinski definition) is 1. The molecule has 0 aromatic heterocycles. The Kier molecular flexibility index (Phi) is 3.54. The molecule has 2 N–H and O–H groups in total. The van der Waals surface area contributed by atoms with Crippen molar-refractivity contribution in [3.05, 3.63) is 52.0 Å². The van der Waals surface area contributed by atoms with Crippen molar-refractivity contribution >= 4 is 21.6 Å². The molecule has 0 amide bonds. The van der Waals surface area contributed by atoms with E-state index in [1.807, 2.05) is 31.2 Å². The van der Waals surface area contributed by atoms with Gasteiger partial charge >= 0.3 is 0 Å². The third kappa shape index (κ3) is 2.47. The standard InChI is InChI=1S/C14H11BrN2O/c1-9-7-11(15)5-6-12(9)18-13-4-2-3-10(8-16)14(13)17/h2-7H,17H2,1H3. The van der Waals surface area contributed by atoms with Crippen molar-refractivity contribution in [3.63, 3.8) is 0 Å². The lowest BCUT2D eigenvalue weighted by Gasteiger charge is -2.11. The van der Waals surface area contributed by atoms with Crippen molar-refractivity contribution in [2.45, 2.75) is 6.92 Å².